The Balaban J connectivity index is 2.23. The number of methoxy groups -OCH3 is 2. The Labute approximate surface area is 121 Å². The van der Waals surface area contributed by atoms with Gasteiger partial charge in [0.05, 0.1) is 19.8 Å². The minimum Gasteiger partial charge on any atom is -0.495 e. The number of hydrogen-bond donors (Lipinski definition) is 1. The van der Waals surface area contributed by atoms with Gasteiger partial charge in [-0.3, -0.25) is 4.79 Å². The lowest BCUT2D eigenvalue weighted by Gasteiger charge is -2.14. The Kier molecular flexibility index (Phi) is 4.82. The normalized spacial score (nSPS) is 18.4. The molecule has 0 bridgehead atoms. The third-order valence-electron chi connectivity index (χ3n) is 3.42. The highest BCUT2D eigenvalue weighted by Crippen LogP contribution is 2.38. The van der Waals surface area contributed by atoms with E-state index in [1.807, 2.05) is 0 Å². The Morgan fingerprint density at radius 2 is 2.21 bits per heavy atom. The highest BCUT2D eigenvalue weighted by atomic mass is 79.9. The van der Waals surface area contributed by atoms with Crippen molar-refractivity contribution in [2.75, 3.05) is 27.3 Å². The zero-order chi connectivity index (χ0) is 13.8. The molecule has 104 valence electrons. The van der Waals surface area contributed by atoms with Crippen LogP contribution in [0.1, 0.15) is 23.2 Å². The molecule has 5 heteroatoms. The molecule has 1 aromatic carbocycles. The van der Waals surface area contributed by atoms with Gasteiger partial charge in [-0.2, -0.15) is 0 Å². The molecule has 1 atom stereocenters. The standard InChI is InChI=1S/C14H18BrNO3/c1-18-12-4-3-10(14(19-2)13(12)15)11(17)7-9-5-6-16-8-9/h3-4,9,16H,5-8H2,1-2H3. The van der Waals surface area contributed by atoms with E-state index < -0.39 is 0 Å². The van der Waals surface area contributed by atoms with E-state index in [4.69, 9.17) is 9.47 Å². The fourth-order valence-electron chi connectivity index (χ4n) is 2.38. The van der Waals surface area contributed by atoms with Gasteiger partial charge in [-0.05, 0) is 53.5 Å². The van der Waals surface area contributed by atoms with Gasteiger partial charge in [0.25, 0.3) is 0 Å². The van der Waals surface area contributed by atoms with Crippen LogP contribution in [0.2, 0.25) is 0 Å². The molecule has 1 aliphatic rings. The van der Waals surface area contributed by atoms with Crippen LogP contribution in [0.5, 0.6) is 11.5 Å². The van der Waals surface area contributed by atoms with Crippen molar-refractivity contribution >= 4 is 21.7 Å². The number of hydrogen-bond acceptors (Lipinski definition) is 4. The number of Topliss-reactive ketones (excluding diaryl/α,β-unsaturated/α-hetero) is 1. The van der Waals surface area contributed by atoms with Crippen LogP contribution in [0.15, 0.2) is 16.6 Å². The van der Waals surface area contributed by atoms with Crippen LogP contribution in [0.3, 0.4) is 0 Å². The number of carbonyl (C=O) groups excluding carboxylic acids is 1. The summed E-state index contributed by atoms with van der Waals surface area (Å²) >= 11 is 3.42. The molecule has 0 radical (unpaired) electrons. The Bertz CT molecular complexity index is 470. The number of nitrogens with one attached hydrogen (secondary N) is 1. The molecule has 1 saturated heterocycles. The number of ether oxygens (including phenoxy) is 2. The molecule has 1 N–H and O–H groups in total. The van der Waals surface area contributed by atoms with E-state index in [0.717, 1.165) is 19.5 Å². The summed E-state index contributed by atoms with van der Waals surface area (Å²) in [6.45, 7) is 1.92. The minimum atomic E-state index is 0.119. The zero-order valence-corrected chi connectivity index (χ0v) is 12.7. The first-order valence-electron chi connectivity index (χ1n) is 6.31. The van der Waals surface area contributed by atoms with Gasteiger partial charge in [0.1, 0.15) is 16.0 Å². The quantitative estimate of drug-likeness (QED) is 0.844. The summed E-state index contributed by atoms with van der Waals surface area (Å²) in [5, 5.41) is 3.27. The van der Waals surface area contributed by atoms with E-state index in [9.17, 15) is 4.79 Å². The predicted molar refractivity (Wildman–Crippen MR) is 77.2 cm³/mol. The molecule has 1 aromatic rings. The Morgan fingerprint density at radius 3 is 2.79 bits per heavy atom. The summed E-state index contributed by atoms with van der Waals surface area (Å²) < 4.78 is 11.2. The largest absolute Gasteiger partial charge is 0.495 e. The number of ketones is 1. The van der Waals surface area contributed by atoms with Crippen molar-refractivity contribution in [3.05, 3.63) is 22.2 Å². The van der Waals surface area contributed by atoms with E-state index >= 15 is 0 Å². The molecule has 1 heterocycles. The molecule has 1 fully saturated rings. The molecule has 2 rings (SSSR count). The second-order valence-electron chi connectivity index (χ2n) is 4.65. The summed E-state index contributed by atoms with van der Waals surface area (Å²) in [6, 6.07) is 3.56. The molecule has 0 aliphatic carbocycles. The van der Waals surface area contributed by atoms with E-state index in [0.29, 0.717) is 33.9 Å². The van der Waals surface area contributed by atoms with Gasteiger partial charge in [-0.1, -0.05) is 0 Å². The van der Waals surface area contributed by atoms with Gasteiger partial charge in [0, 0.05) is 6.42 Å². The molecule has 0 aromatic heterocycles. The number of benzene rings is 1. The van der Waals surface area contributed by atoms with E-state index in [1.165, 1.54) is 0 Å². The molecular formula is C14H18BrNO3. The first-order valence-corrected chi connectivity index (χ1v) is 7.11. The first-order chi connectivity index (χ1) is 9.17. The van der Waals surface area contributed by atoms with Gasteiger partial charge < -0.3 is 14.8 Å². The van der Waals surface area contributed by atoms with Crippen molar-refractivity contribution in [1.29, 1.82) is 0 Å². The van der Waals surface area contributed by atoms with E-state index in [-0.39, 0.29) is 5.78 Å². The summed E-state index contributed by atoms with van der Waals surface area (Å²) in [5.74, 6) is 1.76. The maximum absolute atomic E-state index is 12.4. The smallest absolute Gasteiger partial charge is 0.166 e. The highest BCUT2D eigenvalue weighted by molar-refractivity contribution is 9.10. The van der Waals surface area contributed by atoms with Crippen LogP contribution in [0.25, 0.3) is 0 Å². The second-order valence-corrected chi connectivity index (χ2v) is 5.44. The Hall–Kier alpha value is -1.07. The van der Waals surface area contributed by atoms with Crippen LogP contribution in [-0.4, -0.2) is 33.1 Å². The Morgan fingerprint density at radius 1 is 1.42 bits per heavy atom. The fraction of sp³-hybridized carbons (Fsp3) is 0.500. The monoisotopic (exact) mass is 327 g/mol. The molecule has 1 unspecified atom stereocenters. The summed E-state index contributed by atoms with van der Waals surface area (Å²) in [5.41, 5.74) is 0.613. The van der Waals surface area contributed by atoms with E-state index in [1.54, 1.807) is 26.4 Å². The van der Waals surface area contributed by atoms with Crippen LogP contribution in [-0.2, 0) is 0 Å². The molecule has 19 heavy (non-hydrogen) atoms. The van der Waals surface area contributed by atoms with Gasteiger partial charge in [0.15, 0.2) is 5.78 Å². The topological polar surface area (TPSA) is 47.6 Å². The van der Waals surface area contributed by atoms with Crippen LogP contribution >= 0.6 is 15.9 Å². The number of carbonyl (C=O) groups is 1. The lowest BCUT2D eigenvalue weighted by molar-refractivity contribution is 0.0961. The van der Waals surface area contributed by atoms with Crippen molar-refractivity contribution in [1.82, 2.24) is 5.32 Å². The first kappa shape index (κ1) is 14.3. The lowest BCUT2D eigenvalue weighted by Crippen LogP contribution is -2.13. The molecular weight excluding hydrogens is 310 g/mol. The lowest BCUT2D eigenvalue weighted by atomic mass is 9.97. The summed E-state index contributed by atoms with van der Waals surface area (Å²) in [6.07, 6.45) is 1.62. The third kappa shape index (κ3) is 3.09. The van der Waals surface area contributed by atoms with Crippen LogP contribution in [0, 0.1) is 5.92 Å². The third-order valence-corrected chi connectivity index (χ3v) is 4.17. The molecule has 0 amide bonds. The predicted octanol–water partition coefficient (Wildman–Crippen LogP) is 2.65. The summed E-state index contributed by atoms with van der Waals surface area (Å²) in [4.78, 5) is 12.4. The fourth-order valence-corrected chi connectivity index (χ4v) is 3.05. The van der Waals surface area contributed by atoms with Crippen LogP contribution < -0.4 is 14.8 Å². The van der Waals surface area contributed by atoms with Gasteiger partial charge in [-0.25, -0.2) is 0 Å². The molecule has 4 nitrogen and oxygen atoms in total. The van der Waals surface area contributed by atoms with Crippen molar-refractivity contribution in [3.63, 3.8) is 0 Å². The van der Waals surface area contributed by atoms with Crippen molar-refractivity contribution in [2.24, 2.45) is 5.92 Å². The van der Waals surface area contributed by atoms with Crippen molar-refractivity contribution < 1.29 is 14.3 Å². The van der Waals surface area contributed by atoms with E-state index in [2.05, 4.69) is 21.2 Å². The maximum atomic E-state index is 12.4. The average molecular weight is 328 g/mol. The van der Waals surface area contributed by atoms with Gasteiger partial charge >= 0.3 is 0 Å². The second kappa shape index (κ2) is 6.39. The zero-order valence-electron chi connectivity index (χ0n) is 11.2. The summed E-state index contributed by atoms with van der Waals surface area (Å²) in [7, 11) is 3.15. The van der Waals surface area contributed by atoms with Crippen LogP contribution in [0.4, 0.5) is 0 Å². The number of rotatable bonds is 5. The minimum absolute atomic E-state index is 0.119. The molecule has 0 saturated carbocycles. The molecule has 1 aliphatic heterocycles. The van der Waals surface area contributed by atoms with Crippen molar-refractivity contribution in [2.45, 2.75) is 12.8 Å². The van der Waals surface area contributed by atoms with Gasteiger partial charge in [0.2, 0.25) is 0 Å². The SMILES string of the molecule is COc1ccc(C(=O)CC2CCNC2)c(OC)c1Br. The maximum Gasteiger partial charge on any atom is 0.166 e. The number of halogens is 1. The average Bonchev–Trinajstić information content (AvgIpc) is 2.91. The molecule has 0 spiro atoms. The highest BCUT2D eigenvalue weighted by Gasteiger charge is 2.23. The van der Waals surface area contributed by atoms with Crippen molar-refractivity contribution in [3.8, 4) is 11.5 Å². The van der Waals surface area contributed by atoms with Gasteiger partial charge in [-0.15, -0.1) is 0 Å².